The van der Waals surface area contributed by atoms with Crippen molar-refractivity contribution in [2.45, 2.75) is 51.2 Å². The maximum atomic E-state index is 12.7. The van der Waals surface area contributed by atoms with Gasteiger partial charge in [0, 0.05) is 35.3 Å². The Morgan fingerprint density at radius 2 is 1.72 bits per heavy atom. The number of anilines is 1. The number of fused-ring (bicyclic) bond motifs is 1. The van der Waals surface area contributed by atoms with Crippen LogP contribution >= 0.6 is 0 Å². The molecular formula is C34H37N3O6. The van der Waals surface area contributed by atoms with Gasteiger partial charge in [0.25, 0.3) is 5.91 Å². The van der Waals surface area contributed by atoms with E-state index in [-0.39, 0.29) is 18.0 Å². The van der Waals surface area contributed by atoms with Crippen LogP contribution in [-0.4, -0.2) is 49.3 Å². The summed E-state index contributed by atoms with van der Waals surface area (Å²) in [4.78, 5) is 29.7. The molecule has 1 heterocycles. The SMILES string of the molecule is CCNC(CCOc1cc2nccc(Oc3ccc(NC(=O)c4ccccc4)cc3)c2cc1OC)C(=O)OC1CCCC1. The van der Waals surface area contributed by atoms with Gasteiger partial charge in [-0.3, -0.25) is 14.6 Å². The molecule has 2 N–H and O–H groups in total. The maximum absolute atomic E-state index is 12.7. The molecule has 1 aliphatic rings. The minimum atomic E-state index is -0.437. The van der Waals surface area contributed by atoms with Crippen LogP contribution in [0.25, 0.3) is 10.9 Å². The van der Waals surface area contributed by atoms with E-state index in [2.05, 4.69) is 15.6 Å². The lowest BCUT2D eigenvalue weighted by molar-refractivity contribution is -0.151. The number of amides is 1. The lowest BCUT2D eigenvalue weighted by Crippen LogP contribution is -2.40. The molecule has 1 fully saturated rings. The van der Waals surface area contributed by atoms with E-state index in [9.17, 15) is 9.59 Å². The summed E-state index contributed by atoms with van der Waals surface area (Å²) in [6.07, 6.45) is 6.24. The molecule has 5 rings (SSSR count). The number of hydrogen-bond donors (Lipinski definition) is 2. The summed E-state index contributed by atoms with van der Waals surface area (Å²) in [6.45, 7) is 2.91. The lowest BCUT2D eigenvalue weighted by Gasteiger charge is -2.20. The Labute approximate surface area is 251 Å². The average molecular weight is 584 g/mol. The summed E-state index contributed by atoms with van der Waals surface area (Å²) in [6, 6.07) is 21.2. The molecule has 1 aromatic heterocycles. The van der Waals surface area contributed by atoms with E-state index in [0.717, 1.165) is 31.1 Å². The fourth-order valence-electron chi connectivity index (χ4n) is 5.10. The third kappa shape index (κ3) is 7.81. The smallest absolute Gasteiger partial charge is 0.323 e. The van der Waals surface area contributed by atoms with Crippen molar-refractivity contribution in [3.63, 3.8) is 0 Å². The van der Waals surface area contributed by atoms with Gasteiger partial charge in [0.1, 0.15) is 23.6 Å². The molecule has 9 heteroatoms. The van der Waals surface area contributed by atoms with E-state index in [1.54, 1.807) is 55.8 Å². The minimum Gasteiger partial charge on any atom is -0.493 e. The number of nitrogens with one attached hydrogen (secondary N) is 2. The van der Waals surface area contributed by atoms with Gasteiger partial charge >= 0.3 is 5.97 Å². The van der Waals surface area contributed by atoms with Crippen molar-refractivity contribution in [2.24, 2.45) is 0 Å². The predicted octanol–water partition coefficient (Wildman–Crippen LogP) is 6.52. The topological polar surface area (TPSA) is 108 Å². The quantitative estimate of drug-likeness (QED) is 0.171. The van der Waals surface area contributed by atoms with Gasteiger partial charge in [0.05, 0.1) is 19.2 Å². The van der Waals surface area contributed by atoms with E-state index >= 15 is 0 Å². The molecule has 1 unspecified atom stereocenters. The zero-order chi connectivity index (χ0) is 30.0. The third-order valence-electron chi connectivity index (χ3n) is 7.35. The van der Waals surface area contributed by atoms with Gasteiger partial charge in [-0.25, -0.2) is 0 Å². The normalized spacial score (nSPS) is 13.8. The molecule has 0 radical (unpaired) electrons. The third-order valence-corrected chi connectivity index (χ3v) is 7.35. The highest BCUT2D eigenvalue weighted by Gasteiger charge is 2.25. The number of aromatic nitrogens is 1. The van der Waals surface area contributed by atoms with Gasteiger partial charge in [-0.05, 0) is 80.8 Å². The maximum Gasteiger partial charge on any atom is 0.323 e. The highest BCUT2D eigenvalue weighted by Crippen LogP contribution is 2.37. The van der Waals surface area contributed by atoms with Crippen LogP contribution in [0.1, 0.15) is 49.4 Å². The molecule has 0 bridgehead atoms. The van der Waals surface area contributed by atoms with Gasteiger partial charge in [-0.1, -0.05) is 25.1 Å². The molecule has 1 amide bonds. The van der Waals surface area contributed by atoms with E-state index in [1.165, 1.54) is 0 Å². The Morgan fingerprint density at radius 3 is 2.44 bits per heavy atom. The number of ether oxygens (including phenoxy) is 4. The van der Waals surface area contributed by atoms with Gasteiger partial charge < -0.3 is 29.6 Å². The minimum absolute atomic E-state index is 0.0242. The fourth-order valence-corrected chi connectivity index (χ4v) is 5.10. The molecule has 43 heavy (non-hydrogen) atoms. The highest BCUT2D eigenvalue weighted by molar-refractivity contribution is 6.04. The van der Waals surface area contributed by atoms with Crippen molar-refractivity contribution in [3.8, 4) is 23.0 Å². The first-order chi connectivity index (χ1) is 21.0. The standard InChI is InChI=1S/C34H37N3O6/c1-3-35-28(34(39)43-25-11-7-8-12-25)18-20-41-32-22-29-27(21-31(32)40-2)30(17-19-36-29)42-26-15-13-24(14-16-26)37-33(38)23-9-5-4-6-10-23/h4-6,9-10,13-17,19,21-22,25,28,35H,3,7-8,11-12,18,20H2,1-2H3,(H,37,38). The van der Waals surface area contributed by atoms with Crippen molar-refractivity contribution in [3.05, 3.63) is 84.6 Å². The number of hydrogen-bond acceptors (Lipinski definition) is 8. The fraction of sp³-hybridized carbons (Fsp3) is 0.324. The number of carbonyl (C=O) groups excluding carboxylic acids is 2. The number of likely N-dealkylation sites (N-methyl/N-ethyl adjacent to an activating group) is 1. The number of pyridine rings is 1. The second kappa shape index (κ2) is 14.5. The first-order valence-corrected chi connectivity index (χ1v) is 14.7. The van der Waals surface area contributed by atoms with Crippen molar-refractivity contribution in [2.75, 3.05) is 25.6 Å². The van der Waals surface area contributed by atoms with Crippen LogP contribution in [0.15, 0.2) is 79.0 Å². The molecule has 0 aliphatic heterocycles. The number of benzene rings is 3. The van der Waals surface area contributed by atoms with E-state index in [1.807, 2.05) is 37.3 Å². The molecule has 0 spiro atoms. The van der Waals surface area contributed by atoms with Crippen LogP contribution in [-0.2, 0) is 9.53 Å². The van der Waals surface area contributed by atoms with Crippen LogP contribution in [0.4, 0.5) is 5.69 Å². The Hall–Kier alpha value is -4.63. The van der Waals surface area contributed by atoms with Crippen molar-refractivity contribution in [1.29, 1.82) is 0 Å². The first kappa shape index (κ1) is 29.8. The number of nitrogens with zero attached hydrogens (tertiary/aromatic N) is 1. The van der Waals surface area contributed by atoms with Crippen molar-refractivity contribution in [1.82, 2.24) is 10.3 Å². The molecule has 1 atom stereocenters. The second-order valence-corrected chi connectivity index (χ2v) is 10.4. The molecular weight excluding hydrogens is 546 g/mol. The molecule has 0 saturated heterocycles. The molecule has 3 aromatic carbocycles. The summed E-state index contributed by atoms with van der Waals surface area (Å²) in [7, 11) is 1.58. The molecule has 4 aromatic rings. The monoisotopic (exact) mass is 583 g/mol. The van der Waals surface area contributed by atoms with Crippen LogP contribution in [0.3, 0.4) is 0 Å². The summed E-state index contributed by atoms with van der Waals surface area (Å²) in [5.74, 6) is 1.84. The Kier molecular flexibility index (Phi) is 10.1. The lowest BCUT2D eigenvalue weighted by atomic mass is 10.1. The number of esters is 1. The van der Waals surface area contributed by atoms with E-state index in [4.69, 9.17) is 18.9 Å². The largest absolute Gasteiger partial charge is 0.493 e. The summed E-state index contributed by atoms with van der Waals surface area (Å²) in [5, 5.41) is 6.85. The van der Waals surface area contributed by atoms with Gasteiger partial charge in [0.2, 0.25) is 0 Å². The van der Waals surface area contributed by atoms with Crippen LogP contribution < -0.4 is 24.8 Å². The number of rotatable bonds is 13. The van der Waals surface area contributed by atoms with Crippen LogP contribution in [0.5, 0.6) is 23.0 Å². The number of carbonyl (C=O) groups is 2. The van der Waals surface area contributed by atoms with E-state index < -0.39 is 6.04 Å². The van der Waals surface area contributed by atoms with Gasteiger partial charge in [0.15, 0.2) is 11.5 Å². The Balaban J connectivity index is 1.24. The van der Waals surface area contributed by atoms with Crippen LogP contribution in [0, 0.1) is 0 Å². The Morgan fingerprint density at radius 1 is 0.953 bits per heavy atom. The predicted molar refractivity (Wildman–Crippen MR) is 165 cm³/mol. The zero-order valence-electron chi connectivity index (χ0n) is 24.5. The van der Waals surface area contributed by atoms with Crippen molar-refractivity contribution >= 4 is 28.5 Å². The van der Waals surface area contributed by atoms with Crippen LogP contribution in [0.2, 0.25) is 0 Å². The van der Waals surface area contributed by atoms with Crippen molar-refractivity contribution < 1.29 is 28.5 Å². The first-order valence-electron chi connectivity index (χ1n) is 14.7. The van der Waals surface area contributed by atoms with Gasteiger partial charge in [-0.15, -0.1) is 0 Å². The average Bonchev–Trinajstić information content (AvgIpc) is 3.55. The zero-order valence-corrected chi connectivity index (χ0v) is 24.5. The second-order valence-electron chi connectivity index (χ2n) is 10.4. The summed E-state index contributed by atoms with van der Waals surface area (Å²) >= 11 is 0. The summed E-state index contributed by atoms with van der Waals surface area (Å²) in [5.41, 5.74) is 1.92. The Bertz CT molecular complexity index is 1520. The molecule has 1 saturated carbocycles. The molecule has 9 nitrogen and oxygen atoms in total. The molecule has 224 valence electrons. The summed E-state index contributed by atoms with van der Waals surface area (Å²) < 4.78 is 23.6. The van der Waals surface area contributed by atoms with E-state index in [0.29, 0.717) is 59.3 Å². The molecule has 1 aliphatic carbocycles. The van der Waals surface area contributed by atoms with Gasteiger partial charge in [-0.2, -0.15) is 0 Å². The highest BCUT2D eigenvalue weighted by atomic mass is 16.5. The number of methoxy groups -OCH3 is 1.